The van der Waals surface area contributed by atoms with Gasteiger partial charge in [0.2, 0.25) is 5.91 Å². The molecule has 0 aliphatic heterocycles. The molecule has 0 bridgehead atoms. The summed E-state index contributed by atoms with van der Waals surface area (Å²) >= 11 is 0. The molecular weight excluding hydrogens is 318 g/mol. The Morgan fingerprint density at radius 3 is 1.77 bits per heavy atom. The van der Waals surface area contributed by atoms with Crippen LogP contribution in [-0.2, 0) is 4.79 Å². The SMILES string of the molecule is CCCCCCCCCCCCCCC/C=C/C=C/C(=O)NCC(C)C. The Balaban J connectivity index is 3.27. The molecule has 0 aromatic rings. The molecule has 0 atom stereocenters. The summed E-state index contributed by atoms with van der Waals surface area (Å²) in [7, 11) is 0. The van der Waals surface area contributed by atoms with Crippen molar-refractivity contribution in [3.63, 3.8) is 0 Å². The quantitative estimate of drug-likeness (QED) is 0.154. The maximum absolute atomic E-state index is 11.5. The first-order valence-corrected chi connectivity index (χ1v) is 11.3. The van der Waals surface area contributed by atoms with E-state index in [4.69, 9.17) is 0 Å². The van der Waals surface area contributed by atoms with E-state index in [1.165, 1.54) is 83.5 Å². The van der Waals surface area contributed by atoms with Crippen LogP contribution in [0.25, 0.3) is 0 Å². The number of carbonyl (C=O) groups is 1. The predicted molar refractivity (Wildman–Crippen MR) is 116 cm³/mol. The third kappa shape index (κ3) is 21.0. The van der Waals surface area contributed by atoms with Crippen molar-refractivity contribution in [3.8, 4) is 0 Å². The van der Waals surface area contributed by atoms with Crippen LogP contribution in [-0.4, -0.2) is 12.5 Å². The van der Waals surface area contributed by atoms with Crippen molar-refractivity contribution in [1.82, 2.24) is 5.32 Å². The second kappa shape index (κ2) is 20.3. The fourth-order valence-corrected chi connectivity index (χ4v) is 2.96. The molecule has 0 aliphatic carbocycles. The monoisotopic (exact) mass is 363 g/mol. The molecule has 0 aromatic carbocycles. The third-order valence-corrected chi connectivity index (χ3v) is 4.65. The molecule has 0 saturated heterocycles. The first-order chi connectivity index (χ1) is 12.7. The Morgan fingerprint density at radius 1 is 0.769 bits per heavy atom. The van der Waals surface area contributed by atoms with Gasteiger partial charge in [0.1, 0.15) is 0 Å². The number of hydrogen-bond acceptors (Lipinski definition) is 1. The minimum Gasteiger partial charge on any atom is -0.352 e. The van der Waals surface area contributed by atoms with E-state index in [0.717, 1.165) is 13.0 Å². The number of amides is 1. The van der Waals surface area contributed by atoms with Crippen molar-refractivity contribution in [1.29, 1.82) is 0 Å². The zero-order valence-corrected chi connectivity index (χ0v) is 17.9. The molecule has 0 fully saturated rings. The molecular formula is C24H45NO. The third-order valence-electron chi connectivity index (χ3n) is 4.65. The maximum atomic E-state index is 11.5. The van der Waals surface area contributed by atoms with Crippen molar-refractivity contribution >= 4 is 5.91 Å². The second-order valence-electron chi connectivity index (χ2n) is 7.96. The van der Waals surface area contributed by atoms with E-state index in [0.29, 0.717) is 5.92 Å². The Labute approximate surface area is 163 Å². The Kier molecular flexibility index (Phi) is 19.4. The molecule has 0 heterocycles. The minimum absolute atomic E-state index is 0.00399. The van der Waals surface area contributed by atoms with Crippen LogP contribution >= 0.6 is 0 Å². The highest BCUT2D eigenvalue weighted by atomic mass is 16.1. The average Bonchev–Trinajstić information content (AvgIpc) is 2.62. The van der Waals surface area contributed by atoms with Gasteiger partial charge in [-0.1, -0.05) is 116 Å². The van der Waals surface area contributed by atoms with E-state index in [1.54, 1.807) is 6.08 Å². The number of hydrogen-bond donors (Lipinski definition) is 1. The number of unbranched alkanes of at least 4 members (excludes halogenated alkanes) is 13. The van der Waals surface area contributed by atoms with Crippen molar-refractivity contribution < 1.29 is 4.79 Å². The van der Waals surface area contributed by atoms with Gasteiger partial charge >= 0.3 is 0 Å². The van der Waals surface area contributed by atoms with Gasteiger partial charge in [0, 0.05) is 12.6 Å². The molecule has 2 nitrogen and oxygen atoms in total. The number of nitrogens with one attached hydrogen (secondary N) is 1. The Bertz CT molecular complexity index is 357. The van der Waals surface area contributed by atoms with E-state index in [1.807, 2.05) is 12.2 Å². The van der Waals surface area contributed by atoms with E-state index < -0.39 is 0 Å². The fraction of sp³-hybridized carbons (Fsp3) is 0.792. The summed E-state index contributed by atoms with van der Waals surface area (Å²) < 4.78 is 0. The van der Waals surface area contributed by atoms with Gasteiger partial charge in [0.15, 0.2) is 0 Å². The smallest absolute Gasteiger partial charge is 0.243 e. The van der Waals surface area contributed by atoms with Crippen molar-refractivity contribution in [2.45, 2.75) is 111 Å². The van der Waals surface area contributed by atoms with E-state index in [2.05, 4.69) is 32.2 Å². The molecule has 1 N–H and O–H groups in total. The fourth-order valence-electron chi connectivity index (χ4n) is 2.96. The van der Waals surface area contributed by atoms with Crippen LogP contribution in [0, 0.1) is 5.92 Å². The molecule has 0 saturated carbocycles. The highest BCUT2D eigenvalue weighted by Crippen LogP contribution is 2.12. The van der Waals surface area contributed by atoms with Crippen LogP contribution in [0.2, 0.25) is 0 Å². The average molecular weight is 364 g/mol. The molecule has 1 amide bonds. The number of allylic oxidation sites excluding steroid dienone is 3. The molecule has 26 heavy (non-hydrogen) atoms. The van der Waals surface area contributed by atoms with Gasteiger partial charge in [-0.25, -0.2) is 0 Å². The van der Waals surface area contributed by atoms with Crippen molar-refractivity contribution in [2.24, 2.45) is 5.92 Å². The number of carbonyl (C=O) groups excluding carboxylic acids is 1. The summed E-state index contributed by atoms with van der Waals surface area (Å²) in [6.45, 7) is 7.22. The van der Waals surface area contributed by atoms with E-state index in [-0.39, 0.29) is 5.91 Å². The largest absolute Gasteiger partial charge is 0.352 e. The predicted octanol–water partition coefficient (Wildman–Crippen LogP) is 7.35. The Hall–Kier alpha value is -1.05. The zero-order valence-electron chi connectivity index (χ0n) is 17.9. The lowest BCUT2D eigenvalue weighted by Crippen LogP contribution is -2.25. The van der Waals surface area contributed by atoms with Crippen LogP contribution < -0.4 is 5.32 Å². The summed E-state index contributed by atoms with van der Waals surface area (Å²) in [5.74, 6) is 0.503. The van der Waals surface area contributed by atoms with Crippen LogP contribution in [0.1, 0.15) is 111 Å². The summed E-state index contributed by atoms with van der Waals surface area (Å²) in [4.78, 5) is 11.5. The standard InChI is InChI=1S/C24H45NO/c1-4-5-6-7-8-9-10-11-12-13-14-15-16-17-18-19-20-21-24(26)25-22-23(2)3/h18-21,23H,4-17,22H2,1-3H3,(H,25,26)/b19-18+,21-20+. The number of rotatable bonds is 18. The lowest BCUT2D eigenvalue weighted by molar-refractivity contribution is -0.116. The molecule has 2 heteroatoms. The first-order valence-electron chi connectivity index (χ1n) is 11.3. The van der Waals surface area contributed by atoms with E-state index in [9.17, 15) is 4.79 Å². The Morgan fingerprint density at radius 2 is 1.27 bits per heavy atom. The van der Waals surface area contributed by atoms with Gasteiger partial charge in [-0.3, -0.25) is 4.79 Å². The highest BCUT2D eigenvalue weighted by molar-refractivity contribution is 5.87. The summed E-state index contributed by atoms with van der Waals surface area (Å²) in [6, 6.07) is 0. The lowest BCUT2D eigenvalue weighted by Gasteiger charge is -2.03. The van der Waals surface area contributed by atoms with Gasteiger partial charge < -0.3 is 5.32 Å². The lowest BCUT2D eigenvalue weighted by atomic mass is 10.0. The van der Waals surface area contributed by atoms with Gasteiger partial charge in [-0.15, -0.1) is 0 Å². The molecule has 0 aromatic heterocycles. The van der Waals surface area contributed by atoms with Crippen molar-refractivity contribution in [3.05, 3.63) is 24.3 Å². The molecule has 0 radical (unpaired) electrons. The topological polar surface area (TPSA) is 29.1 Å². The van der Waals surface area contributed by atoms with Gasteiger partial charge in [-0.05, 0) is 18.8 Å². The van der Waals surface area contributed by atoms with Crippen LogP contribution in [0.3, 0.4) is 0 Å². The van der Waals surface area contributed by atoms with Gasteiger partial charge in [0.25, 0.3) is 0 Å². The first kappa shape index (κ1) is 24.9. The molecule has 0 rings (SSSR count). The van der Waals surface area contributed by atoms with Crippen LogP contribution in [0.15, 0.2) is 24.3 Å². The zero-order chi connectivity index (χ0) is 19.3. The van der Waals surface area contributed by atoms with Gasteiger partial charge in [0.05, 0.1) is 0 Å². The molecule has 0 unspecified atom stereocenters. The molecule has 0 aliphatic rings. The summed E-state index contributed by atoms with van der Waals surface area (Å²) in [6.07, 6.45) is 26.9. The normalized spacial score (nSPS) is 11.8. The van der Waals surface area contributed by atoms with E-state index >= 15 is 0 Å². The van der Waals surface area contributed by atoms with Crippen LogP contribution in [0.5, 0.6) is 0 Å². The molecule has 0 spiro atoms. The highest BCUT2D eigenvalue weighted by Gasteiger charge is 1.96. The summed E-state index contributed by atoms with van der Waals surface area (Å²) in [5.41, 5.74) is 0. The van der Waals surface area contributed by atoms with Crippen LogP contribution in [0.4, 0.5) is 0 Å². The van der Waals surface area contributed by atoms with Crippen molar-refractivity contribution in [2.75, 3.05) is 6.54 Å². The second-order valence-corrected chi connectivity index (χ2v) is 7.96. The summed E-state index contributed by atoms with van der Waals surface area (Å²) in [5, 5.41) is 2.88. The maximum Gasteiger partial charge on any atom is 0.243 e. The molecule has 152 valence electrons. The van der Waals surface area contributed by atoms with Gasteiger partial charge in [-0.2, -0.15) is 0 Å². The minimum atomic E-state index is 0.00399.